The molecule has 3 heterocycles. The largest absolute Gasteiger partial charge is 0.468 e. The van der Waals surface area contributed by atoms with E-state index in [1.807, 2.05) is 13.8 Å². The Morgan fingerprint density at radius 1 is 1.46 bits per heavy atom. The Morgan fingerprint density at radius 3 is 2.92 bits per heavy atom. The minimum absolute atomic E-state index is 0.0715. The number of rotatable bonds is 4. The van der Waals surface area contributed by atoms with Crippen LogP contribution in [0.3, 0.4) is 0 Å². The van der Waals surface area contributed by atoms with Crippen LogP contribution in [-0.4, -0.2) is 44.0 Å². The number of aliphatic hydroxyl groups is 1. The number of hydrogen-bond acceptors (Lipinski definition) is 5. The fraction of sp³-hybridized carbons (Fsp3) is 0.588. The molecule has 7 nitrogen and oxygen atoms in total. The van der Waals surface area contributed by atoms with E-state index in [9.17, 15) is 9.90 Å². The van der Waals surface area contributed by atoms with Crippen molar-refractivity contribution in [3.05, 3.63) is 35.5 Å². The monoisotopic (exact) mass is 330 g/mol. The van der Waals surface area contributed by atoms with E-state index in [1.54, 1.807) is 28.1 Å². The van der Waals surface area contributed by atoms with Crippen LogP contribution in [0.5, 0.6) is 0 Å². The lowest BCUT2D eigenvalue weighted by atomic mass is 10.00. The molecule has 4 rings (SSSR count). The SMILES string of the molecule is CC(C)n1cc(C2(O)CCN(C(=O)c3ccoc3C3CC3)C2)nn1. The Balaban J connectivity index is 1.52. The van der Waals surface area contributed by atoms with Crippen LogP contribution in [0.25, 0.3) is 0 Å². The van der Waals surface area contributed by atoms with Crippen LogP contribution in [0.4, 0.5) is 0 Å². The highest BCUT2D eigenvalue weighted by atomic mass is 16.3. The molecule has 128 valence electrons. The number of likely N-dealkylation sites (tertiary alicyclic amines) is 1. The van der Waals surface area contributed by atoms with Crippen molar-refractivity contribution >= 4 is 5.91 Å². The van der Waals surface area contributed by atoms with E-state index in [-0.39, 0.29) is 18.5 Å². The molecule has 2 aromatic rings. The van der Waals surface area contributed by atoms with Gasteiger partial charge in [-0.3, -0.25) is 4.79 Å². The van der Waals surface area contributed by atoms with E-state index in [4.69, 9.17) is 4.42 Å². The number of β-amino-alcohol motifs (C(OH)–C–C–N with tert-alkyl or cyclic N) is 1. The average molecular weight is 330 g/mol. The summed E-state index contributed by atoms with van der Waals surface area (Å²) in [5, 5.41) is 19.1. The summed E-state index contributed by atoms with van der Waals surface area (Å²) >= 11 is 0. The van der Waals surface area contributed by atoms with E-state index in [0.717, 1.165) is 18.6 Å². The van der Waals surface area contributed by atoms with E-state index < -0.39 is 5.60 Å². The average Bonchev–Trinajstić information content (AvgIpc) is 2.99. The van der Waals surface area contributed by atoms with Crippen LogP contribution in [-0.2, 0) is 5.60 Å². The van der Waals surface area contributed by atoms with Gasteiger partial charge in [0.1, 0.15) is 17.1 Å². The Morgan fingerprint density at radius 2 is 2.25 bits per heavy atom. The molecule has 1 atom stereocenters. The van der Waals surface area contributed by atoms with Crippen molar-refractivity contribution in [3.8, 4) is 0 Å². The van der Waals surface area contributed by atoms with Crippen molar-refractivity contribution in [2.24, 2.45) is 0 Å². The minimum Gasteiger partial charge on any atom is -0.468 e. The molecule has 1 N–H and O–H groups in total. The van der Waals surface area contributed by atoms with Crippen molar-refractivity contribution in [3.63, 3.8) is 0 Å². The number of carbonyl (C=O) groups is 1. The highest BCUT2D eigenvalue weighted by Crippen LogP contribution is 2.42. The highest BCUT2D eigenvalue weighted by molar-refractivity contribution is 5.95. The Bertz CT molecular complexity index is 761. The molecular weight excluding hydrogens is 308 g/mol. The maximum absolute atomic E-state index is 12.8. The van der Waals surface area contributed by atoms with Gasteiger partial charge in [-0.05, 0) is 32.8 Å². The lowest BCUT2D eigenvalue weighted by molar-refractivity contribution is 0.0381. The standard InChI is InChI=1S/C17H22N4O3/c1-11(2)21-9-14(18-19-21)17(23)6-7-20(10-17)16(22)13-5-8-24-15(13)12-3-4-12/h5,8-9,11-12,23H,3-4,6-7,10H2,1-2H3. The molecule has 0 radical (unpaired) electrons. The van der Waals surface area contributed by atoms with Gasteiger partial charge in [-0.25, -0.2) is 4.68 Å². The van der Waals surface area contributed by atoms with Crippen LogP contribution in [0.15, 0.2) is 22.9 Å². The fourth-order valence-corrected chi connectivity index (χ4v) is 3.25. The Kier molecular flexibility index (Phi) is 3.49. The lowest BCUT2D eigenvalue weighted by Gasteiger charge is -2.21. The fourth-order valence-electron chi connectivity index (χ4n) is 3.25. The molecule has 24 heavy (non-hydrogen) atoms. The summed E-state index contributed by atoms with van der Waals surface area (Å²) in [6.45, 7) is 4.74. The Labute approximate surface area is 140 Å². The predicted octanol–water partition coefficient (Wildman–Crippen LogP) is 2.06. The number of amides is 1. The van der Waals surface area contributed by atoms with E-state index >= 15 is 0 Å². The lowest BCUT2D eigenvalue weighted by Crippen LogP contribution is -2.34. The highest BCUT2D eigenvalue weighted by Gasteiger charge is 2.43. The summed E-state index contributed by atoms with van der Waals surface area (Å²) < 4.78 is 7.22. The maximum Gasteiger partial charge on any atom is 0.257 e. The van der Waals surface area contributed by atoms with Crippen molar-refractivity contribution in [1.82, 2.24) is 19.9 Å². The van der Waals surface area contributed by atoms with Gasteiger partial charge in [0.25, 0.3) is 5.91 Å². The zero-order valence-electron chi connectivity index (χ0n) is 14.0. The van der Waals surface area contributed by atoms with Gasteiger partial charge in [-0.1, -0.05) is 5.21 Å². The van der Waals surface area contributed by atoms with Crippen molar-refractivity contribution in [1.29, 1.82) is 0 Å². The first kappa shape index (κ1) is 15.4. The molecule has 7 heteroatoms. The second-order valence-electron chi connectivity index (χ2n) is 7.16. The normalized spacial score (nSPS) is 24.1. The second-order valence-corrected chi connectivity index (χ2v) is 7.16. The van der Waals surface area contributed by atoms with Crippen LogP contribution in [0.2, 0.25) is 0 Å². The van der Waals surface area contributed by atoms with Gasteiger partial charge in [-0.15, -0.1) is 5.10 Å². The molecule has 1 aliphatic carbocycles. The first-order chi connectivity index (χ1) is 11.5. The molecule has 0 bridgehead atoms. The summed E-state index contributed by atoms with van der Waals surface area (Å²) in [4.78, 5) is 14.5. The first-order valence-electron chi connectivity index (χ1n) is 8.49. The predicted molar refractivity (Wildman–Crippen MR) is 85.5 cm³/mol. The number of nitrogens with zero attached hydrogens (tertiary/aromatic N) is 4. The summed E-state index contributed by atoms with van der Waals surface area (Å²) in [6, 6.07) is 1.92. The van der Waals surface area contributed by atoms with Crippen LogP contribution < -0.4 is 0 Å². The number of carbonyl (C=O) groups excluding carboxylic acids is 1. The summed E-state index contributed by atoms with van der Waals surface area (Å²) in [7, 11) is 0. The van der Waals surface area contributed by atoms with Crippen LogP contribution in [0.1, 0.15) is 66.9 Å². The third kappa shape index (κ3) is 2.53. The van der Waals surface area contributed by atoms with Crippen LogP contribution in [0, 0.1) is 0 Å². The molecule has 1 unspecified atom stereocenters. The van der Waals surface area contributed by atoms with Gasteiger partial charge in [0.2, 0.25) is 0 Å². The van der Waals surface area contributed by atoms with Gasteiger partial charge >= 0.3 is 0 Å². The molecule has 0 spiro atoms. The molecule has 2 aromatic heterocycles. The molecule has 1 saturated carbocycles. The van der Waals surface area contributed by atoms with Gasteiger partial charge in [0.15, 0.2) is 0 Å². The van der Waals surface area contributed by atoms with Crippen LogP contribution >= 0.6 is 0 Å². The topological polar surface area (TPSA) is 84.4 Å². The number of hydrogen-bond donors (Lipinski definition) is 1. The van der Waals surface area contributed by atoms with Gasteiger partial charge in [0, 0.05) is 24.9 Å². The van der Waals surface area contributed by atoms with Gasteiger partial charge in [-0.2, -0.15) is 0 Å². The molecule has 2 fully saturated rings. The van der Waals surface area contributed by atoms with E-state index in [1.165, 1.54) is 0 Å². The molecular formula is C17H22N4O3. The quantitative estimate of drug-likeness (QED) is 0.927. The second kappa shape index (κ2) is 5.44. The molecule has 2 aliphatic rings. The zero-order chi connectivity index (χ0) is 16.9. The summed E-state index contributed by atoms with van der Waals surface area (Å²) in [6.07, 6.45) is 5.97. The smallest absolute Gasteiger partial charge is 0.257 e. The third-order valence-corrected chi connectivity index (χ3v) is 4.92. The number of furan rings is 1. The molecule has 1 saturated heterocycles. The molecule has 1 aliphatic heterocycles. The van der Waals surface area contributed by atoms with E-state index in [2.05, 4.69) is 10.3 Å². The Hall–Kier alpha value is -2.15. The maximum atomic E-state index is 12.8. The van der Waals surface area contributed by atoms with Crippen molar-refractivity contribution in [2.75, 3.05) is 13.1 Å². The summed E-state index contributed by atoms with van der Waals surface area (Å²) in [5.74, 6) is 1.10. The molecule has 1 amide bonds. The van der Waals surface area contributed by atoms with Gasteiger partial charge < -0.3 is 14.4 Å². The summed E-state index contributed by atoms with van der Waals surface area (Å²) in [5.41, 5.74) is 0.0282. The van der Waals surface area contributed by atoms with Crippen molar-refractivity contribution < 1.29 is 14.3 Å². The molecule has 0 aromatic carbocycles. The third-order valence-electron chi connectivity index (χ3n) is 4.92. The van der Waals surface area contributed by atoms with E-state index in [0.29, 0.717) is 30.1 Å². The van der Waals surface area contributed by atoms with Crippen molar-refractivity contribution in [2.45, 2.75) is 50.7 Å². The zero-order valence-corrected chi connectivity index (χ0v) is 14.0. The van der Waals surface area contributed by atoms with Gasteiger partial charge in [0.05, 0.1) is 24.6 Å². The minimum atomic E-state index is -1.13. The number of aromatic nitrogens is 3. The first-order valence-corrected chi connectivity index (χ1v) is 8.49.